The average molecular weight is 225 g/mol. The molecule has 0 unspecified atom stereocenters. The highest BCUT2D eigenvalue weighted by Crippen LogP contribution is 2.09. The second kappa shape index (κ2) is 14.5. The smallest absolute Gasteiger partial charge is 0.0645 e. The van der Waals surface area contributed by atoms with Crippen LogP contribution in [-0.4, -0.2) is 13.2 Å². The normalized spacial score (nSPS) is 10.2. The highest BCUT2D eigenvalue weighted by molar-refractivity contribution is 4.66. The van der Waals surface area contributed by atoms with Gasteiger partial charge >= 0.3 is 0 Å². The molecular weight excluding hydrogens is 198 g/mol. The Balaban J connectivity index is 2.86. The van der Waals surface area contributed by atoms with Crippen molar-refractivity contribution in [3.05, 3.63) is 0 Å². The second-order valence-electron chi connectivity index (χ2n) is 4.35. The largest absolute Gasteiger partial charge is 0.380 e. The Morgan fingerprint density at radius 3 is 1.94 bits per heavy atom. The van der Waals surface area contributed by atoms with Gasteiger partial charge in [-0.15, -0.1) is 0 Å². The van der Waals surface area contributed by atoms with Crippen LogP contribution in [0.5, 0.6) is 0 Å². The number of hydrogen-bond acceptors (Lipinski definition) is 2. The Hall–Kier alpha value is -0.550. The van der Waals surface area contributed by atoms with Crippen molar-refractivity contribution >= 4 is 0 Å². The summed E-state index contributed by atoms with van der Waals surface area (Å²) in [5, 5.41) is 8.30. The van der Waals surface area contributed by atoms with E-state index >= 15 is 0 Å². The molecule has 0 heterocycles. The molecule has 0 aromatic heterocycles. The standard InChI is InChI=1S/C14H27NO/c1-2-3-4-5-6-7-8-9-10-13-16-14-11-12-15/h2-11,13-14H2,1H3. The van der Waals surface area contributed by atoms with E-state index in [0.29, 0.717) is 13.0 Å². The van der Waals surface area contributed by atoms with Crippen LogP contribution in [0.2, 0.25) is 0 Å². The summed E-state index contributed by atoms with van der Waals surface area (Å²) in [4.78, 5) is 0. The lowest BCUT2D eigenvalue weighted by molar-refractivity contribution is 0.135. The molecule has 0 atom stereocenters. The minimum atomic E-state index is 0.525. The third-order valence-corrected chi connectivity index (χ3v) is 2.75. The molecule has 16 heavy (non-hydrogen) atoms. The third kappa shape index (κ3) is 13.4. The van der Waals surface area contributed by atoms with Crippen LogP contribution < -0.4 is 0 Å². The lowest BCUT2D eigenvalue weighted by atomic mass is 10.1. The van der Waals surface area contributed by atoms with E-state index in [4.69, 9.17) is 10.00 Å². The van der Waals surface area contributed by atoms with Gasteiger partial charge in [0.25, 0.3) is 0 Å². The van der Waals surface area contributed by atoms with Gasteiger partial charge in [0.15, 0.2) is 0 Å². The predicted molar refractivity (Wildman–Crippen MR) is 68.3 cm³/mol. The summed E-state index contributed by atoms with van der Waals surface area (Å²) in [6.07, 6.45) is 12.6. The van der Waals surface area contributed by atoms with Gasteiger partial charge in [-0.3, -0.25) is 0 Å². The molecule has 2 nitrogen and oxygen atoms in total. The first-order chi connectivity index (χ1) is 7.91. The van der Waals surface area contributed by atoms with Crippen LogP contribution >= 0.6 is 0 Å². The number of rotatable bonds is 12. The average Bonchev–Trinajstić information content (AvgIpc) is 2.31. The minimum absolute atomic E-state index is 0.525. The van der Waals surface area contributed by atoms with Crippen molar-refractivity contribution in [1.29, 1.82) is 5.26 Å². The molecule has 0 radical (unpaired) electrons. The molecule has 0 spiro atoms. The summed E-state index contributed by atoms with van der Waals surface area (Å²) in [6, 6.07) is 2.08. The van der Waals surface area contributed by atoms with E-state index in [-0.39, 0.29) is 0 Å². The Bertz CT molecular complexity index is 163. The highest BCUT2D eigenvalue weighted by Gasteiger charge is 1.92. The molecule has 0 aliphatic carbocycles. The Morgan fingerprint density at radius 1 is 0.812 bits per heavy atom. The first-order valence-corrected chi connectivity index (χ1v) is 6.86. The number of unbranched alkanes of at least 4 members (excludes halogenated alkanes) is 8. The number of nitrogens with zero attached hydrogens (tertiary/aromatic N) is 1. The van der Waals surface area contributed by atoms with Crippen molar-refractivity contribution in [1.82, 2.24) is 0 Å². The summed E-state index contributed by atoms with van der Waals surface area (Å²) >= 11 is 0. The summed E-state index contributed by atoms with van der Waals surface area (Å²) in [6.45, 7) is 3.69. The summed E-state index contributed by atoms with van der Waals surface area (Å²) in [7, 11) is 0. The number of hydrogen-bond donors (Lipinski definition) is 0. The molecule has 0 aliphatic heterocycles. The molecule has 0 fully saturated rings. The number of ether oxygens (including phenoxy) is 1. The van der Waals surface area contributed by atoms with Gasteiger partial charge in [0.2, 0.25) is 0 Å². The summed E-state index contributed by atoms with van der Waals surface area (Å²) in [5.41, 5.74) is 0. The van der Waals surface area contributed by atoms with Crippen molar-refractivity contribution in [2.24, 2.45) is 0 Å². The van der Waals surface area contributed by atoms with Gasteiger partial charge in [-0.1, -0.05) is 58.3 Å². The maximum atomic E-state index is 8.30. The summed E-state index contributed by atoms with van der Waals surface area (Å²) < 4.78 is 5.31. The molecule has 0 saturated heterocycles. The van der Waals surface area contributed by atoms with E-state index in [1.165, 1.54) is 51.4 Å². The zero-order valence-corrected chi connectivity index (χ0v) is 10.8. The predicted octanol–water partition coefficient (Wildman–Crippen LogP) is 4.45. The zero-order valence-electron chi connectivity index (χ0n) is 10.8. The van der Waals surface area contributed by atoms with Crippen molar-refractivity contribution in [3.63, 3.8) is 0 Å². The molecule has 2 heteroatoms. The van der Waals surface area contributed by atoms with Gasteiger partial charge < -0.3 is 4.74 Å². The lowest BCUT2D eigenvalue weighted by Crippen LogP contribution is -1.95. The Kier molecular flexibility index (Phi) is 14.0. The maximum Gasteiger partial charge on any atom is 0.0645 e. The second-order valence-corrected chi connectivity index (χ2v) is 4.35. The van der Waals surface area contributed by atoms with E-state index < -0.39 is 0 Å². The van der Waals surface area contributed by atoms with Crippen LogP contribution in [0.25, 0.3) is 0 Å². The molecule has 0 N–H and O–H groups in total. The van der Waals surface area contributed by atoms with Gasteiger partial charge in [0.1, 0.15) is 0 Å². The van der Waals surface area contributed by atoms with Crippen molar-refractivity contribution in [2.75, 3.05) is 13.2 Å². The fourth-order valence-electron chi connectivity index (χ4n) is 1.73. The van der Waals surface area contributed by atoms with Crippen molar-refractivity contribution in [3.8, 4) is 6.07 Å². The van der Waals surface area contributed by atoms with E-state index in [2.05, 4.69) is 13.0 Å². The lowest BCUT2D eigenvalue weighted by Gasteiger charge is -2.02. The zero-order chi connectivity index (χ0) is 11.9. The quantitative estimate of drug-likeness (QED) is 0.460. The molecule has 0 bridgehead atoms. The molecule has 0 amide bonds. The van der Waals surface area contributed by atoms with Gasteiger partial charge in [-0.05, 0) is 6.42 Å². The Labute approximate surface area is 101 Å². The van der Waals surface area contributed by atoms with Gasteiger partial charge in [0, 0.05) is 6.61 Å². The first kappa shape index (κ1) is 15.4. The molecule has 0 aromatic rings. The molecule has 0 rings (SSSR count). The molecule has 0 saturated carbocycles. The topological polar surface area (TPSA) is 33.0 Å². The van der Waals surface area contributed by atoms with Crippen molar-refractivity contribution < 1.29 is 4.74 Å². The fourth-order valence-corrected chi connectivity index (χ4v) is 1.73. The van der Waals surface area contributed by atoms with E-state index in [1.807, 2.05) is 0 Å². The van der Waals surface area contributed by atoms with Gasteiger partial charge in [-0.2, -0.15) is 5.26 Å². The number of nitriles is 1. The third-order valence-electron chi connectivity index (χ3n) is 2.75. The monoisotopic (exact) mass is 225 g/mol. The molecule has 0 aliphatic rings. The van der Waals surface area contributed by atoms with Crippen LogP contribution in [-0.2, 0) is 4.74 Å². The SMILES string of the molecule is CCCCCCCCCCCOCCC#N. The van der Waals surface area contributed by atoms with Crippen molar-refractivity contribution in [2.45, 2.75) is 71.1 Å². The molecular formula is C14H27NO. The van der Waals surface area contributed by atoms with E-state index in [0.717, 1.165) is 13.0 Å². The molecule has 0 aromatic carbocycles. The maximum absolute atomic E-state index is 8.30. The van der Waals surface area contributed by atoms with E-state index in [9.17, 15) is 0 Å². The van der Waals surface area contributed by atoms with Crippen LogP contribution in [0.15, 0.2) is 0 Å². The highest BCUT2D eigenvalue weighted by atomic mass is 16.5. The van der Waals surface area contributed by atoms with Gasteiger partial charge in [-0.25, -0.2) is 0 Å². The van der Waals surface area contributed by atoms with Crippen LogP contribution in [0.4, 0.5) is 0 Å². The Morgan fingerprint density at radius 2 is 1.38 bits per heavy atom. The van der Waals surface area contributed by atoms with E-state index in [1.54, 1.807) is 0 Å². The first-order valence-electron chi connectivity index (χ1n) is 6.86. The minimum Gasteiger partial charge on any atom is -0.380 e. The van der Waals surface area contributed by atoms with Crippen LogP contribution in [0.3, 0.4) is 0 Å². The fraction of sp³-hybridized carbons (Fsp3) is 0.929. The van der Waals surface area contributed by atoms with Crippen LogP contribution in [0.1, 0.15) is 71.1 Å². The van der Waals surface area contributed by atoms with Crippen LogP contribution in [0, 0.1) is 11.3 Å². The van der Waals surface area contributed by atoms with Gasteiger partial charge in [0.05, 0.1) is 19.1 Å². The molecule has 94 valence electrons. The summed E-state index contributed by atoms with van der Waals surface area (Å²) in [5.74, 6) is 0.